The highest BCUT2D eigenvalue weighted by atomic mass is 79.9. The van der Waals surface area contributed by atoms with Crippen molar-refractivity contribution in [3.63, 3.8) is 0 Å². The summed E-state index contributed by atoms with van der Waals surface area (Å²) in [4.78, 5) is 16.4. The van der Waals surface area contributed by atoms with Crippen molar-refractivity contribution in [3.8, 4) is 28.2 Å². The molecule has 0 aliphatic rings. The Kier molecular flexibility index (Phi) is 4.05. The third kappa shape index (κ3) is 2.92. The highest BCUT2D eigenvalue weighted by molar-refractivity contribution is 9.10. The molecule has 0 aliphatic heterocycles. The molecule has 2 aromatic heterocycles. The Morgan fingerprint density at radius 3 is 2.57 bits per heavy atom. The lowest BCUT2D eigenvalue weighted by Gasteiger charge is -2.10. The van der Waals surface area contributed by atoms with Crippen molar-refractivity contribution < 1.29 is 9.52 Å². The molecule has 0 atom stereocenters. The zero-order chi connectivity index (χ0) is 16.6. The van der Waals surface area contributed by atoms with E-state index < -0.39 is 5.63 Å². The van der Waals surface area contributed by atoms with E-state index >= 15 is 0 Å². The van der Waals surface area contributed by atoms with Crippen molar-refractivity contribution in [1.29, 1.82) is 0 Å². The van der Waals surface area contributed by atoms with Crippen LogP contribution in [-0.2, 0) is 0 Å². The molecule has 2 heterocycles. The Hall–Kier alpha value is -2.40. The lowest BCUT2D eigenvalue weighted by molar-refractivity contribution is 0.456. The van der Waals surface area contributed by atoms with Gasteiger partial charge in [-0.2, -0.15) is 0 Å². The molecule has 23 heavy (non-hydrogen) atoms. The van der Waals surface area contributed by atoms with Crippen molar-refractivity contribution in [3.05, 3.63) is 68.7 Å². The van der Waals surface area contributed by atoms with Crippen LogP contribution in [0, 0.1) is 13.8 Å². The van der Waals surface area contributed by atoms with Gasteiger partial charge in [-0.05, 0) is 49.2 Å². The fourth-order valence-corrected chi connectivity index (χ4v) is 3.01. The molecule has 0 spiro atoms. The minimum absolute atomic E-state index is 0.121. The third-order valence-corrected chi connectivity index (χ3v) is 4.39. The van der Waals surface area contributed by atoms with Crippen LogP contribution in [-0.4, -0.2) is 10.1 Å². The first-order valence-electron chi connectivity index (χ1n) is 7.02. The van der Waals surface area contributed by atoms with Crippen molar-refractivity contribution in [2.45, 2.75) is 13.8 Å². The number of halogens is 1. The van der Waals surface area contributed by atoms with Gasteiger partial charge in [0.1, 0.15) is 17.1 Å². The Balaban J connectivity index is 2.20. The Morgan fingerprint density at radius 2 is 1.91 bits per heavy atom. The molecule has 0 bridgehead atoms. The zero-order valence-corrected chi connectivity index (χ0v) is 14.2. The molecule has 1 aromatic carbocycles. The Bertz CT molecular complexity index is 933. The molecule has 0 saturated heterocycles. The number of nitrogens with zero attached hydrogens (tertiary/aromatic N) is 1. The van der Waals surface area contributed by atoms with Gasteiger partial charge in [-0.3, -0.25) is 4.98 Å². The molecular formula is C18H14BrNO3. The highest BCUT2D eigenvalue weighted by Crippen LogP contribution is 2.35. The average molecular weight is 372 g/mol. The summed E-state index contributed by atoms with van der Waals surface area (Å²) in [5.41, 5.74) is 2.91. The second-order valence-corrected chi connectivity index (χ2v) is 6.17. The molecule has 0 unspecified atom stereocenters. The van der Waals surface area contributed by atoms with Crippen molar-refractivity contribution in [2.75, 3.05) is 0 Å². The van der Waals surface area contributed by atoms with Gasteiger partial charge in [-0.1, -0.05) is 15.9 Å². The largest absolute Gasteiger partial charge is 0.507 e. The van der Waals surface area contributed by atoms with E-state index in [-0.39, 0.29) is 17.1 Å². The van der Waals surface area contributed by atoms with Crippen molar-refractivity contribution >= 4 is 15.9 Å². The average Bonchev–Trinajstić information content (AvgIpc) is 2.52. The number of benzene rings is 1. The molecule has 0 amide bonds. The topological polar surface area (TPSA) is 63.3 Å². The van der Waals surface area contributed by atoms with Gasteiger partial charge in [-0.15, -0.1) is 0 Å². The van der Waals surface area contributed by atoms with Gasteiger partial charge in [0.25, 0.3) is 0 Å². The number of aromatic nitrogens is 1. The first-order valence-corrected chi connectivity index (χ1v) is 7.81. The maximum Gasteiger partial charge on any atom is 0.348 e. The van der Waals surface area contributed by atoms with Crippen LogP contribution >= 0.6 is 15.9 Å². The van der Waals surface area contributed by atoms with Crippen LogP contribution in [0.4, 0.5) is 0 Å². The maximum atomic E-state index is 12.4. The quantitative estimate of drug-likeness (QED) is 0.722. The van der Waals surface area contributed by atoms with Crippen LogP contribution in [0.3, 0.4) is 0 Å². The summed E-state index contributed by atoms with van der Waals surface area (Å²) in [6, 6.07) is 8.71. The van der Waals surface area contributed by atoms with Gasteiger partial charge < -0.3 is 9.52 Å². The maximum absolute atomic E-state index is 12.4. The van der Waals surface area contributed by atoms with Crippen LogP contribution in [0.5, 0.6) is 5.75 Å². The SMILES string of the molecule is Cc1cc(Br)c(-c2c(O)cc(-c3cccnc3)oc2=O)cc1C. The molecule has 5 heteroatoms. The van der Waals surface area contributed by atoms with Gasteiger partial charge in [0.2, 0.25) is 0 Å². The van der Waals surface area contributed by atoms with Crippen molar-refractivity contribution in [2.24, 2.45) is 0 Å². The van der Waals surface area contributed by atoms with Gasteiger partial charge in [0.15, 0.2) is 0 Å². The fourth-order valence-electron chi connectivity index (χ4n) is 2.35. The monoisotopic (exact) mass is 371 g/mol. The predicted octanol–water partition coefficient (Wildman–Crippen LogP) is 4.45. The van der Waals surface area contributed by atoms with E-state index in [1.54, 1.807) is 24.5 Å². The minimum atomic E-state index is -0.590. The summed E-state index contributed by atoms with van der Waals surface area (Å²) in [5.74, 6) is 0.161. The molecule has 0 radical (unpaired) electrons. The third-order valence-electron chi connectivity index (χ3n) is 3.73. The summed E-state index contributed by atoms with van der Waals surface area (Å²) in [5, 5.41) is 10.4. The lowest BCUT2D eigenvalue weighted by Crippen LogP contribution is -2.05. The number of hydrogen-bond acceptors (Lipinski definition) is 4. The highest BCUT2D eigenvalue weighted by Gasteiger charge is 2.17. The smallest absolute Gasteiger partial charge is 0.348 e. The molecule has 4 nitrogen and oxygen atoms in total. The van der Waals surface area contributed by atoms with E-state index in [9.17, 15) is 9.90 Å². The standard InChI is InChI=1S/C18H14BrNO3/c1-10-6-13(14(19)7-11(10)2)17-15(21)8-16(23-18(17)22)12-4-3-5-20-9-12/h3-9,21H,1-2H3. The lowest BCUT2D eigenvalue weighted by atomic mass is 10.0. The van der Waals surface area contributed by atoms with Crippen LogP contribution < -0.4 is 5.63 Å². The molecule has 116 valence electrons. The molecule has 3 aromatic rings. The first kappa shape index (κ1) is 15.5. The summed E-state index contributed by atoms with van der Waals surface area (Å²) < 4.78 is 6.11. The van der Waals surface area contributed by atoms with Crippen LogP contribution in [0.2, 0.25) is 0 Å². The minimum Gasteiger partial charge on any atom is -0.507 e. The van der Waals surface area contributed by atoms with Crippen LogP contribution in [0.25, 0.3) is 22.5 Å². The molecule has 3 rings (SSSR count). The summed E-state index contributed by atoms with van der Waals surface area (Å²) in [6.07, 6.45) is 3.20. The fraction of sp³-hybridized carbons (Fsp3) is 0.111. The number of rotatable bonds is 2. The number of hydrogen-bond donors (Lipinski definition) is 1. The van der Waals surface area contributed by atoms with Crippen LogP contribution in [0.1, 0.15) is 11.1 Å². The van der Waals surface area contributed by atoms with E-state index in [0.29, 0.717) is 11.1 Å². The molecule has 0 aliphatic carbocycles. The van der Waals surface area contributed by atoms with E-state index in [0.717, 1.165) is 15.6 Å². The van der Waals surface area contributed by atoms with Gasteiger partial charge >= 0.3 is 5.63 Å². The first-order chi connectivity index (χ1) is 11.0. The molecule has 0 saturated carbocycles. The second kappa shape index (κ2) is 6.01. The number of aryl methyl sites for hydroxylation is 2. The van der Waals surface area contributed by atoms with E-state index in [1.807, 2.05) is 26.0 Å². The van der Waals surface area contributed by atoms with Gasteiger partial charge in [0.05, 0.1) is 0 Å². The van der Waals surface area contributed by atoms with Crippen molar-refractivity contribution in [1.82, 2.24) is 4.98 Å². The Labute approximate surface area is 141 Å². The number of pyridine rings is 1. The van der Waals surface area contributed by atoms with E-state index in [1.165, 1.54) is 6.07 Å². The summed E-state index contributed by atoms with van der Waals surface area (Å²) in [7, 11) is 0. The van der Waals surface area contributed by atoms with Gasteiger partial charge in [0, 0.05) is 34.1 Å². The normalized spacial score (nSPS) is 10.7. The Morgan fingerprint density at radius 1 is 1.17 bits per heavy atom. The summed E-state index contributed by atoms with van der Waals surface area (Å²) >= 11 is 3.45. The second-order valence-electron chi connectivity index (χ2n) is 5.32. The predicted molar refractivity (Wildman–Crippen MR) is 92.5 cm³/mol. The van der Waals surface area contributed by atoms with Crippen LogP contribution in [0.15, 0.2) is 56.4 Å². The van der Waals surface area contributed by atoms with Gasteiger partial charge in [-0.25, -0.2) is 4.79 Å². The van der Waals surface area contributed by atoms with E-state index in [2.05, 4.69) is 20.9 Å². The zero-order valence-electron chi connectivity index (χ0n) is 12.6. The molecule has 1 N–H and O–H groups in total. The summed E-state index contributed by atoms with van der Waals surface area (Å²) in [6.45, 7) is 3.94. The van der Waals surface area contributed by atoms with E-state index in [4.69, 9.17) is 4.42 Å². The molecule has 0 fully saturated rings. The molecular weight excluding hydrogens is 358 g/mol. The number of aromatic hydroxyl groups is 1.